The number of aliphatic carboxylic acids is 3. The molecule has 0 saturated carbocycles. The molecule has 0 aliphatic heterocycles. The SMILES string of the molecule is C=C(C)C(=O)OC(C)C(=O)O.C=C(C)C(=O)OC(C)C(=O)O.C=C(C)C(=O)OC(C)C(=O)O.CCC(CO)(CO)CO. The second kappa shape index (κ2) is 23.6. The van der Waals surface area contributed by atoms with E-state index in [4.69, 9.17) is 30.6 Å². The molecule has 0 bridgehead atoms. The highest BCUT2D eigenvalue weighted by Gasteiger charge is 2.25. The largest absolute Gasteiger partial charge is 0.479 e. The van der Waals surface area contributed by atoms with Crippen molar-refractivity contribution in [1.29, 1.82) is 0 Å². The van der Waals surface area contributed by atoms with Gasteiger partial charge in [0.1, 0.15) is 0 Å². The Morgan fingerprint density at radius 1 is 0.571 bits per heavy atom. The fourth-order valence-corrected chi connectivity index (χ4v) is 1.42. The number of aliphatic hydroxyl groups is 3. The number of carboxylic acid groups (broad SMARTS) is 3. The van der Waals surface area contributed by atoms with Crippen LogP contribution in [0.15, 0.2) is 36.5 Å². The van der Waals surface area contributed by atoms with Crippen LogP contribution in [-0.2, 0) is 43.0 Å². The first-order chi connectivity index (χ1) is 19.1. The molecule has 0 aliphatic rings. The zero-order valence-corrected chi connectivity index (χ0v) is 25.0. The van der Waals surface area contributed by atoms with Gasteiger partial charge in [0.2, 0.25) is 0 Å². The number of hydrogen-bond donors (Lipinski definition) is 6. The first-order valence-electron chi connectivity index (χ1n) is 12.2. The van der Waals surface area contributed by atoms with Gasteiger partial charge in [-0.25, -0.2) is 28.8 Å². The highest BCUT2D eigenvalue weighted by atomic mass is 16.6. The average molecular weight is 609 g/mol. The van der Waals surface area contributed by atoms with E-state index in [0.29, 0.717) is 6.42 Å². The third-order valence-electron chi connectivity index (χ3n) is 4.70. The van der Waals surface area contributed by atoms with E-state index in [-0.39, 0.29) is 36.5 Å². The molecule has 15 heteroatoms. The predicted octanol–water partition coefficient (Wildman–Crippen LogP) is 1.10. The summed E-state index contributed by atoms with van der Waals surface area (Å²) in [4.78, 5) is 62.5. The first-order valence-corrected chi connectivity index (χ1v) is 12.2. The number of hydrogen-bond acceptors (Lipinski definition) is 12. The van der Waals surface area contributed by atoms with Crippen molar-refractivity contribution in [2.45, 2.75) is 73.2 Å². The Labute approximate surface area is 244 Å². The fourth-order valence-electron chi connectivity index (χ4n) is 1.42. The van der Waals surface area contributed by atoms with Crippen LogP contribution >= 0.6 is 0 Å². The number of rotatable bonds is 13. The smallest absolute Gasteiger partial charge is 0.344 e. The van der Waals surface area contributed by atoms with Crippen LogP contribution < -0.4 is 0 Å². The lowest BCUT2D eigenvalue weighted by atomic mass is 9.88. The van der Waals surface area contributed by atoms with Gasteiger partial charge >= 0.3 is 35.8 Å². The van der Waals surface area contributed by atoms with Gasteiger partial charge in [-0.3, -0.25) is 0 Å². The summed E-state index contributed by atoms with van der Waals surface area (Å²) >= 11 is 0. The minimum absolute atomic E-state index is 0.156. The van der Waals surface area contributed by atoms with Gasteiger partial charge in [-0.2, -0.15) is 0 Å². The molecule has 0 saturated heterocycles. The molecule has 15 nitrogen and oxygen atoms in total. The average Bonchev–Trinajstić information content (AvgIpc) is 2.90. The maximum absolute atomic E-state index is 10.7. The molecular formula is C27H44O15. The van der Waals surface area contributed by atoms with E-state index in [1.54, 1.807) is 0 Å². The Morgan fingerprint density at radius 2 is 0.762 bits per heavy atom. The Kier molecular flexibility index (Phi) is 25.3. The Bertz CT molecular complexity index is 825. The van der Waals surface area contributed by atoms with Crippen LogP contribution in [0.5, 0.6) is 0 Å². The fraction of sp³-hybridized carbons (Fsp3) is 0.556. The standard InChI is InChI=1S/3C7H10O4.C6H14O3/c3*1-4(2)7(10)11-5(3)6(8)9;1-2-6(3-7,4-8)5-9/h3*5H,1H2,2-3H3,(H,8,9);7-9H,2-5H2,1H3. The van der Waals surface area contributed by atoms with Crippen LogP contribution in [0.3, 0.4) is 0 Å². The number of carboxylic acids is 3. The minimum atomic E-state index is -1.17. The first kappa shape index (κ1) is 44.9. The van der Waals surface area contributed by atoms with Crippen molar-refractivity contribution in [2.24, 2.45) is 5.41 Å². The highest BCUT2D eigenvalue weighted by Crippen LogP contribution is 2.18. The normalized spacial score (nSPS) is 11.9. The summed E-state index contributed by atoms with van der Waals surface area (Å²) < 4.78 is 13.3. The summed E-state index contributed by atoms with van der Waals surface area (Å²) in [7, 11) is 0. The third kappa shape index (κ3) is 22.7. The summed E-state index contributed by atoms with van der Waals surface area (Å²) in [6, 6.07) is 0. The van der Waals surface area contributed by atoms with E-state index in [1.165, 1.54) is 41.5 Å². The Morgan fingerprint density at radius 3 is 0.833 bits per heavy atom. The molecule has 0 radical (unpaired) electrons. The number of carbonyl (C=O) groups is 6. The number of aliphatic hydroxyl groups excluding tert-OH is 3. The summed E-state index contributed by atoms with van der Waals surface area (Å²) in [5.74, 6) is -5.54. The van der Waals surface area contributed by atoms with E-state index < -0.39 is 59.5 Å². The van der Waals surface area contributed by atoms with Crippen LogP contribution in [0.25, 0.3) is 0 Å². The third-order valence-corrected chi connectivity index (χ3v) is 4.70. The maximum atomic E-state index is 10.7. The summed E-state index contributed by atoms with van der Waals surface area (Å²) in [5.41, 5.74) is -0.0886. The van der Waals surface area contributed by atoms with Crippen LogP contribution in [0.1, 0.15) is 54.9 Å². The van der Waals surface area contributed by atoms with E-state index in [0.717, 1.165) is 0 Å². The van der Waals surface area contributed by atoms with Gasteiger partial charge in [-0.15, -0.1) is 0 Å². The van der Waals surface area contributed by atoms with E-state index in [9.17, 15) is 28.8 Å². The number of carbonyl (C=O) groups excluding carboxylic acids is 3. The summed E-state index contributed by atoms with van der Waals surface area (Å²) in [6.07, 6.45) is -2.74. The quantitative estimate of drug-likeness (QED) is 0.0972. The lowest BCUT2D eigenvalue weighted by Crippen LogP contribution is -2.32. The predicted molar refractivity (Wildman–Crippen MR) is 148 cm³/mol. The van der Waals surface area contributed by atoms with E-state index in [2.05, 4.69) is 33.9 Å². The van der Waals surface area contributed by atoms with Crippen molar-refractivity contribution >= 4 is 35.8 Å². The monoisotopic (exact) mass is 608 g/mol. The van der Waals surface area contributed by atoms with Crippen LogP contribution in [0, 0.1) is 5.41 Å². The van der Waals surface area contributed by atoms with Crippen molar-refractivity contribution in [3.05, 3.63) is 36.5 Å². The van der Waals surface area contributed by atoms with Crippen molar-refractivity contribution in [2.75, 3.05) is 19.8 Å². The maximum Gasteiger partial charge on any atom is 0.344 e. The zero-order valence-electron chi connectivity index (χ0n) is 25.0. The van der Waals surface area contributed by atoms with Gasteiger partial charge in [0, 0.05) is 22.1 Å². The molecule has 0 heterocycles. The molecule has 3 atom stereocenters. The van der Waals surface area contributed by atoms with Crippen LogP contribution in [0.2, 0.25) is 0 Å². The molecule has 0 aromatic heterocycles. The van der Waals surface area contributed by atoms with Crippen molar-refractivity contribution in [1.82, 2.24) is 0 Å². The molecule has 0 aromatic rings. The Balaban J connectivity index is -0.000000230. The molecule has 0 aromatic carbocycles. The second-order valence-electron chi connectivity index (χ2n) is 8.83. The van der Waals surface area contributed by atoms with Crippen molar-refractivity contribution < 1.29 is 73.6 Å². The molecule has 0 spiro atoms. The molecule has 42 heavy (non-hydrogen) atoms. The molecule has 0 amide bonds. The van der Waals surface area contributed by atoms with Gasteiger partial charge in [0.05, 0.1) is 19.8 Å². The van der Waals surface area contributed by atoms with E-state index in [1.807, 2.05) is 6.92 Å². The van der Waals surface area contributed by atoms with Crippen molar-refractivity contribution in [3.8, 4) is 0 Å². The minimum Gasteiger partial charge on any atom is -0.479 e. The van der Waals surface area contributed by atoms with Gasteiger partial charge in [-0.05, 0) is 48.0 Å². The van der Waals surface area contributed by atoms with Gasteiger partial charge in [0.25, 0.3) is 0 Å². The molecule has 0 rings (SSSR count). The molecule has 242 valence electrons. The molecule has 6 N–H and O–H groups in total. The second-order valence-corrected chi connectivity index (χ2v) is 8.83. The number of ether oxygens (including phenoxy) is 3. The van der Waals surface area contributed by atoms with Crippen molar-refractivity contribution in [3.63, 3.8) is 0 Å². The molecule has 0 fully saturated rings. The van der Waals surface area contributed by atoms with Gasteiger partial charge < -0.3 is 44.8 Å². The molecule has 0 aliphatic carbocycles. The zero-order chi connectivity index (χ0) is 34.4. The van der Waals surface area contributed by atoms with Crippen LogP contribution in [0.4, 0.5) is 0 Å². The summed E-state index contributed by atoms with van der Waals surface area (Å²) in [6.45, 7) is 19.5. The highest BCUT2D eigenvalue weighted by molar-refractivity contribution is 5.90. The van der Waals surface area contributed by atoms with Gasteiger partial charge in [-0.1, -0.05) is 26.7 Å². The topological polar surface area (TPSA) is 251 Å². The summed E-state index contributed by atoms with van der Waals surface area (Å²) in [5, 5.41) is 50.9. The van der Waals surface area contributed by atoms with Gasteiger partial charge in [0.15, 0.2) is 18.3 Å². The Hall–Kier alpha value is -4.08. The lowest BCUT2D eigenvalue weighted by molar-refractivity contribution is -0.159. The van der Waals surface area contributed by atoms with E-state index >= 15 is 0 Å². The lowest BCUT2D eigenvalue weighted by Gasteiger charge is -2.24. The molecular weight excluding hydrogens is 564 g/mol. The number of esters is 3. The van der Waals surface area contributed by atoms with Crippen LogP contribution in [-0.4, -0.2) is 105 Å². The molecule has 3 unspecified atom stereocenters.